The number of esters is 1. The number of hydrogen-bond acceptors (Lipinski definition) is 6. The average molecular weight is 380 g/mol. The van der Waals surface area contributed by atoms with E-state index in [4.69, 9.17) is 4.74 Å². The predicted molar refractivity (Wildman–Crippen MR) is 103 cm³/mol. The van der Waals surface area contributed by atoms with Gasteiger partial charge in [-0.2, -0.15) is 0 Å². The van der Waals surface area contributed by atoms with Crippen LogP contribution in [0.15, 0.2) is 54.6 Å². The molecule has 0 saturated heterocycles. The second-order valence-corrected chi connectivity index (χ2v) is 6.69. The first-order valence-corrected chi connectivity index (χ1v) is 8.92. The molecule has 0 unspecified atom stereocenters. The van der Waals surface area contributed by atoms with Crippen LogP contribution in [0.4, 0.5) is 5.13 Å². The Morgan fingerprint density at radius 3 is 2.22 bits per heavy atom. The molecule has 3 aromatic rings. The number of ether oxygens (including phenoxy) is 1. The van der Waals surface area contributed by atoms with Gasteiger partial charge in [0.15, 0.2) is 10.9 Å². The zero-order valence-electron chi connectivity index (χ0n) is 14.7. The molecule has 0 atom stereocenters. The van der Waals surface area contributed by atoms with Crippen molar-refractivity contribution in [1.29, 1.82) is 0 Å². The number of aromatic nitrogens is 1. The summed E-state index contributed by atoms with van der Waals surface area (Å²) in [6.07, 6.45) is 0. The standard InChI is InChI=1S/C20H16N2O4S/c1-12(23)18-17(14-6-4-3-5-7-14)21-20(27-18)22-19(25)15-8-10-16(11-9-15)26-13(2)24/h3-11H,1-2H3,(H,21,22,25). The highest BCUT2D eigenvalue weighted by Gasteiger charge is 2.18. The molecule has 0 radical (unpaired) electrons. The number of carbonyl (C=O) groups excluding carboxylic acids is 3. The number of benzene rings is 2. The van der Waals surface area contributed by atoms with Crippen LogP contribution in [-0.4, -0.2) is 22.6 Å². The summed E-state index contributed by atoms with van der Waals surface area (Å²) in [5, 5.41) is 3.05. The van der Waals surface area contributed by atoms with Crippen LogP contribution in [0.1, 0.15) is 33.9 Å². The lowest BCUT2D eigenvalue weighted by atomic mass is 10.1. The predicted octanol–water partition coefficient (Wildman–Crippen LogP) is 4.19. The molecule has 2 aromatic carbocycles. The van der Waals surface area contributed by atoms with Gasteiger partial charge in [-0.25, -0.2) is 4.98 Å². The minimum Gasteiger partial charge on any atom is -0.427 e. The summed E-state index contributed by atoms with van der Waals surface area (Å²) in [7, 11) is 0. The normalized spacial score (nSPS) is 10.3. The molecule has 27 heavy (non-hydrogen) atoms. The van der Waals surface area contributed by atoms with Gasteiger partial charge < -0.3 is 4.74 Å². The summed E-state index contributed by atoms with van der Waals surface area (Å²) < 4.78 is 4.94. The Balaban J connectivity index is 1.82. The molecule has 6 nitrogen and oxygen atoms in total. The lowest BCUT2D eigenvalue weighted by molar-refractivity contribution is -0.131. The zero-order valence-corrected chi connectivity index (χ0v) is 15.5. The van der Waals surface area contributed by atoms with Crippen LogP contribution in [0.5, 0.6) is 5.75 Å². The summed E-state index contributed by atoms with van der Waals surface area (Å²) >= 11 is 1.14. The molecule has 0 bridgehead atoms. The number of nitrogens with one attached hydrogen (secondary N) is 1. The van der Waals surface area contributed by atoms with E-state index in [0.29, 0.717) is 27.0 Å². The molecule has 1 amide bonds. The third-order valence-electron chi connectivity index (χ3n) is 3.59. The molecule has 0 spiro atoms. The van der Waals surface area contributed by atoms with Crippen molar-refractivity contribution in [2.24, 2.45) is 0 Å². The SMILES string of the molecule is CC(=O)Oc1ccc(C(=O)Nc2nc(-c3ccccc3)c(C(C)=O)s2)cc1. The second-order valence-electron chi connectivity index (χ2n) is 5.69. The third-order valence-corrected chi connectivity index (χ3v) is 4.66. The van der Waals surface area contributed by atoms with Crippen LogP contribution in [0.2, 0.25) is 0 Å². The Morgan fingerprint density at radius 1 is 0.963 bits per heavy atom. The minimum atomic E-state index is -0.430. The fourth-order valence-corrected chi connectivity index (χ4v) is 3.29. The van der Waals surface area contributed by atoms with Gasteiger partial charge in [-0.15, -0.1) is 0 Å². The molecular weight excluding hydrogens is 364 g/mol. The molecule has 0 aliphatic heterocycles. The van der Waals surface area contributed by atoms with E-state index in [1.807, 2.05) is 30.3 Å². The van der Waals surface area contributed by atoms with Crippen LogP contribution >= 0.6 is 11.3 Å². The van der Waals surface area contributed by atoms with Crippen LogP contribution in [0.3, 0.4) is 0 Å². The quantitative estimate of drug-likeness (QED) is 0.407. The van der Waals surface area contributed by atoms with Gasteiger partial charge in [-0.05, 0) is 24.3 Å². The number of Topliss-reactive ketones (excluding diaryl/α,β-unsaturated/α-hetero) is 1. The highest BCUT2D eigenvalue weighted by atomic mass is 32.1. The highest BCUT2D eigenvalue weighted by molar-refractivity contribution is 7.18. The molecule has 7 heteroatoms. The third kappa shape index (κ3) is 4.45. The van der Waals surface area contributed by atoms with Crippen molar-refractivity contribution in [2.45, 2.75) is 13.8 Å². The van der Waals surface area contributed by atoms with E-state index in [-0.39, 0.29) is 11.7 Å². The smallest absolute Gasteiger partial charge is 0.308 e. The molecule has 1 heterocycles. The first-order valence-electron chi connectivity index (χ1n) is 8.11. The highest BCUT2D eigenvalue weighted by Crippen LogP contribution is 2.31. The van der Waals surface area contributed by atoms with E-state index in [1.54, 1.807) is 12.1 Å². The van der Waals surface area contributed by atoms with Crippen molar-refractivity contribution in [2.75, 3.05) is 5.32 Å². The number of anilines is 1. The summed E-state index contributed by atoms with van der Waals surface area (Å²) in [5.74, 6) is -0.552. The van der Waals surface area contributed by atoms with E-state index in [1.165, 1.54) is 26.0 Å². The Labute approximate surface area is 159 Å². The van der Waals surface area contributed by atoms with Gasteiger partial charge in [0.2, 0.25) is 0 Å². The lowest BCUT2D eigenvalue weighted by Gasteiger charge is -2.04. The van der Waals surface area contributed by atoms with Gasteiger partial charge in [-0.1, -0.05) is 41.7 Å². The molecule has 0 fully saturated rings. The molecular formula is C20H16N2O4S. The Morgan fingerprint density at radius 2 is 1.63 bits per heavy atom. The van der Waals surface area contributed by atoms with E-state index < -0.39 is 5.97 Å². The number of ketones is 1. The minimum absolute atomic E-state index is 0.113. The van der Waals surface area contributed by atoms with Crippen LogP contribution in [-0.2, 0) is 4.79 Å². The maximum absolute atomic E-state index is 12.4. The first kappa shape index (κ1) is 18.5. The van der Waals surface area contributed by atoms with Crippen LogP contribution in [0, 0.1) is 0 Å². The number of thiazole rings is 1. The molecule has 1 N–H and O–H groups in total. The van der Waals surface area contributed by atoms with E-state index >= 15 is 0 Å². The Bertz CT molecular complexity index is 995. The monoisotopic (exact) mass is 380 g/mol. The fraction of sp³-hybridized carbons (Fsp3) is 0.100. The summed E-state index contributed by atoms with van der Waals surface area (Å²) in [6, 6.07) is 15.5. The van der Waals surface area contributed by atoms with Crippen LogP contribution < -0.4 is 10.1 Å². The largest absolute Gasteiger partial charge is 0.427 e. The van der Waals surface area contributed by atoms with E-state index in [9.17, 15) is 14.4 Å². The Hall–Kier alpha value is -3.32. The van der Waals surface area contributed by atoms with Crippen molar-refractivity contribution in [3.8, 4) is 17.0 Å². The molecule has 136 valence electrons. The molecule has 0 aliphatic rings. The maximum Gasteiger partial charge on any atom is 0.308 e. The summed E-state index contributed by atoms with van der Waals surface area (Å²) in [5.41, 5.74) is 1.74. The van der Waals surface area contributed by atoms with Gasteiger partial charge in [0.1, 0.15) is 5.75 Å². The summed E-state index contributed by atoms with van der Waals surface area (Å²) in [4.78, 5) is 40.2. The van der Waals surface area contributed by atoms with Crippen molar-refractivity contribution in [1.82, 2.24) is 4.98 Å². The lowest BCUT2D eigenvalue weighted by Crippen LogP contribution is -2.11. The molecule has 1 aromatic heterocycles. The molecule has 3 rings (SSSR count). The van der Waals surface area contributed by atoms with Crippen molar-refractivity contribution < 1.29 is 19.1 Å². The number of amides is 1. The average Bonchev–Trinajstić information content (AvgIpc) is 3.06. The zero-order chi connectivity index (χ0) is 19.4. The molecule has 0 saturated carbocycles. The van der Waals surface area contributed by atoms with Gasteiger partial charge >= 0.3 is 5.97 Å². The van der Waals surface area contributed by atoms with Gasteiger partial charge in [0.25, 0.3) is 5.91 Å². The van der Waals surface area contributed by atoms with Gasteiger partial charge in [0.05, 0.1) is 10.6 Å². The van der Waals surface area contributed by atoms with Gasteiger partial charge in [-0.3, -0.25) is 19.7 Å². The van der Waals surface area contributed by atoms with Crippen molar-refractivity contribution in [3.05, 3.63) is 65.0 Å². The Kier molecular flexibility index (Phi) is 5.42. The van der Waals surface area contributed by atoms with E-state index in [0.717, 1.165) is 16.9 Å². The summed E-state index contributed by atoms with van der Waals surface area (Å²) in [6.45, 7) is 2.78. The molecule has 0 aliphatic carbocycles. The first-order chi connectivity index (χ1) is 12.9. The van der Waals surface area contributed by atoms with Gasteiger partial charge in [0, 0.05) is 25.0 Å². The van der Waals surface area contributed by atoms with Crippen molar-refractivity contribution in [3.63, 3.8) is 0 Å². The number of carbonyl (C=O) groups is 3. The second kappa shape index (κ2) is 7.92. The number of nitrogens with zero attached hydrogens (tertiary/aromatic N) is 1. The number of hydrogen-bond donors (Lipinski definition) is 1. The van der Waals surface area contributed by atoms with E-state index in [2.05, 4.69) is 10.3 Å². The number of rotatable bonds is 5. The van der Waals surface area contributed by atoms with Crippen molar-refractivity contribution >= 4 is 34.1 Å². The topological polar surface area (TPSA) is 85.4 Å². The maximum atomic E-state index is 12.4. The fourth-order valence-electron chi connectivity index (χ4n) is 2.41. The van der Waals surface area contributed by atoms with Crippen LogP contribution in [0.25, 0.3) is 11.3 Å².